The van der Waals surface area contributed by atoms with Gasteiger partial charge < -0.3 is 5.32 Å². The standard InChI is InChI=1S/C11H13BrN6O3/c1-8-10(12)6-17(15-8)7-11(19)13-2-3-16-5-9(4-14-16)18(20)21/h4-6H,2-3,7H2,1H3,(H,13,19). The third kappa shape index (κ3) is 4.12. The van der Waals surface area contributed by atoms with Crippen molar-refractivity contribution in [1.29, 1.82) is 0 Å². The molecule has 2 aromatic rings. The fourth-order valence-electron chi connectivity index (χ4n) is 1.66. The van der Waals surface area contributed by atoms with E-state index in [-0.39, 0.29) is 18.1 Å². The molecule has 0 unspecified atom stereocenters. The molecule has 0 aromatic carbocycles. The van der Waals surface area contributed by atoms with Gasteiger partial charge in [-0.2, -0.15) is 10.2 Å². The quantitative estimate of drug-likeness (QED) is 0.610. The predicted octanol–water partition coefficient (Wildman–Crippen LogP) is 0.875. The van der Waals surface area contributed by atoms with Crippen LogP contribution in [0.2, 0.25) is 0 Å². The Kier molecular flexibility index (Phi) is 4.68. The Morgan fingerprint density at radius 3 is 2.81 bits per heavy atom. The van der Waals surface area contributed by atoms with Gasteiger partial charge in [0.25, 0.3) is 0 Å². The van der Waals surface area contributed by atoms with E-state index in [2.05, 4.69) is 31.4 Å². The number of rotatable bonds is 6. The summed E-state index contributed by atoms with van der Waals surface area (Å²) in [5.74, 6) is -0.188. The van der Waals surface area contributed by atoms with Crippen molar-refractivity contribution in [3.63, 3.8) is 0 Å². The molecule has 0 radical (unpaired) electrons. The van der Waals surface area contributed by atoms with E-state index in [1.807, 2.05) is 6.92 Å². The molecule has 0 spiro atoms. The van der Waals surface area contributed by atoms with Crippen molar-refractivity contribution in [3.05, 3.63) is 38.9 Å². The van der Waals surface area contributed by atoms with Crippen molar-refractivity contribution >= 4 is 27.5 Å². The summed E-state index contributed by atoms with van der Waals surface area (Å²) in [5, 5.41) is 21.2. The molecular weight excluding hydrogens is 344 g/mol. The van der Waals surface area contributed by atoms with E-state index in [9.17, 15) is 14.9 Å². The second-order valence-electron chi connectivity index (χ2n) is 4.33. The summed E-state index contributed by atoms with van der Waals surface area (Å²) in [5.41, 5.74) is 0.741. The average Bonchev–Trinajstić information content (AvgIpc) is 2.98. The molecule has 10 heteroatoms. The van der Waals surface area contributed by atoms with Gasteiger partial charge in [0.15, 0.2) is 0 Å². The molecule has 21 heavy (non-hydrogen) atoms. The third-order valence-electron chi connectivity index (χ3n) is 2.69. The van der Waals surface area contributed by atoms with Crippen LogP contribution in [0, 0.1) is 17.0 Å². The monoisotopic (exact) mass is 356 g/mol. The zero-order valence-electron chi connectivity index (χ0n) is 11.2. The SMILES string of the molecule is Cc1nn(CC(=O)NCCn2cc([N+](=O)[O-])cn2)cc1Br. The second-order valence-corrected chi connectivity index (χ2v) is 5.18. The van der Waals surface area contributed by atoms with Crippen molar-refractivity contribution in [2.24, 2.45) is 0 Å². The van der Waals surface area contributed by atoms with Crippen molar-refractivity contribution in [3.8, 4) is 0 Å². The van der Waals surface area contributed by atoms with Crippen LogP contribution >= 0.6 is 15.9 Å². The highest BCUT2D eigenvalue weighted by Crippen LogP contribution is 2.12. The summed E-state index contributed by atoms with van der Waals surface area (Å²) in [6.07, 6.45) is 4.22. The van der Waals surface area contributed by atoms with E-state index in [0.717, 1.165) is 10.2 Å². The fraction of sp³-hybridized carbons (Fsp3) is 0.364. The molecule has 0 saturated carbocycles. The van der Waals surface area contributed by atoms with Gasteiger partial charge in [-0.3, -0.25) is 24.3 Å². The molecule has 1 amide bonds. The second kappa shape index (κ2) is 6.48. The first-order valence-electron chi connectivity index (χ1n) is 6.09. The van der Waals surface area contributed by atoms with E-state index in [1.165, 1.54) is 21.8 Å². The van der Waals surface area contributed by atoms with Crippen molar-refractivity contribution in [2.75, 3.05) is 6.54 Å². The Hall–Kier alpha value is -2.23. The van der Waals surface area contributed by atoms with Gasteiger partial charge in [0.2, 0.25) is 5.91 Å². The largest absolute Gasteiger partial charge is 0.353 e. The Labute approximate surface area is 128 Å². The highest BCUT2D eigenvalue weighted by atomic mass is 79.9. The Morgan fingerprint density at radius 2 is 2.24 bits per heavy atom. The Morgan fingerprint density at radius 1 is 1.48 bits per heavy atom. The summed E-state index contributed by atoms with van der Waals surface area (Å²) >= 11 is 3.32. The van der Waals surface area contributed by atoms with Crippen LogP contribution in [-0.4, -0.2) is 36.9 Å². The maximum absolute atomic E-state index is 11.7. The number of aromatic nitrogens is 4. The number of hydrogen-bond donors (Lipinski definition) is 1. The first-order valence-corrected chi connectivity index (χ1v) is 6.88. The zero-order chi connectivity index (χ0) is 15.4. The fourth-order valence-corrected chi connectivity index (χ4v) is 1.97. The number of amides is 1. The minimum absolute atomic E-state index is 0.0711. The lowest BCUT2D eigenvalue weighted by Crippen LogP contribution is -2.30. The summed E-state index contributed by atoms with van der Waals surface area (Å²) < 4.78 is 3.79. The van der Waals surface area contributed by atoms with Crippen molar-refractivity contribution < 1.29 is 9.72 Å². The lowest BCUT2D eigenvalue weighted by molar-refractivity contribution is -0.385. The molecule has 0 aliphatic carbocycles. The van der Waals surface area contributed by atoms with E-state index in [1.54, 1.807) is 6.20 Å². The molecule has 0 aliphatic rings. The summed E-state index contributed by atoms with van der Waals surface area (Å²) in [6.45, 7) is 2.65. The first-order chi connectivity index (χ1) is 9.95. The first kappa shape index (κ1) is 15.2. The van der Waals surface area contributed by atoms with Crippen LogP contribution in [0.15, 0.2) is 23.1 Å². The Bertz CT molecular complexity index is 645. The zero-order valence-corrected chi connectivity index (χ0v) is 12.8. The summed E-state index contributed by atoms with van der Waals surface area (Å²) in [7, 11) is 0. The topological polar surface area (TPSA) is 108 Å². The molecule has 0 bridgehead atoms. The summed E-state index contributed by atoms with van der Waals surface area (Å²) in [6, 6.07) is 0. The maximum Gasteiger partial charge on any atom is 0.306 e. The number of nitro groups is 1. The lowest BCUT2D eigenvalue weighted by Gasteiger charge is -2.05. The van der Waals surface area contributed by atoms with E-state index >= 15 is 0 Å². The van der Waals surface area contributed by atoms with Crippen LogP contribution < -0.4 is 5.32 Å². The number of aryl methyl sites for hydroxylation is 1. The van der Waals surface area contributed by atoms with Gasteiger partial charge in [-0.15, -0.1) is 0 Å². The van der Waals surface area contributed by atoms with Crippen LogP contribution in [0.25, 0.3) is 0 Å². The van der Waals surface area contributed by atoms with E-state index in [4.69, 9.17) is 0 Å². The molecule has 0 atom stereocenters. The number of carbonyl (C=O) groups is 1. The predicted molar refractivity (Wildman–Crippen MR) is 76.6 cm³/mol. The number of nitrogens with one attached hydrogen (secondary N) is 1. The van der Waals surface area contributed by atoms with Gasteiger partial charge in [0.05, 0.1) is 21.6 Å². The van der Waals surface area contributed by atoms with Crippen LogP contribution in [0.5, 0.6) is 0 Å². The normalized spacial score (nSPS) is 10.6. The highest BCUT2D eigenvalue weighted by molar-refractivity contribution is 9.10. The number of halogens is 1. The van der Waals surface area contributed by atoms with Crippen LogP contribution in [0.3, 0.4) is 0 Å². The van der Waals surface area contributed by atoms with E-state index < -0.39 is 4.92 Å². The molecule has 0 fully saturated rings. The molecule has 1 N–H and O–H groups in total. The van der Waals surface area contributed by atoms with Gasteiger partial charge in [-0.1, -0.05) is 0 Å². The van der Waals surface area contributed by atoms with E-state index in [0.29, 0.717) is 13.1 Å². The molecule has 112 valence electrons. The van der Waals surface area contributed by atoms with Crippen LogP contribution in [0.1, 0.15) is 5.69 Å². The number of nitrogens with zero attached hydrogens (tertiary/aromatic N) is 5. The van der Waals surface area contributed by atoms with Crippen LogP contribution in [0.4, 0.5) is 5.69 Å². The average molecular weight is 357 g/mol. The van der Waals surface area contributed by atoms with Crippen molar-refractivity contribution in [1.82, 2.24) is 24.9 Å². The smallest absolute Gasteiger partial charge is 0.306 e. The lowest BCUT2D eigenvalue weighted by atomic mass is 10.5. The van der Waals surface area contributed by atoms with Crippen molar-refractivity contribution in [2.45, 2.75) is 20.0 Å². The van der Waals surface area contributed by atoms with Crippen LogP contribution in [-0.2, 0) is 17.9 Å². The molecule has 0 aliphatic heterocycles. The maximum atomic E-state index is 11.7. The minimum Gasteiger partial charge on any atom is -0.353 e. The number of hydrogen-bond acceptors (Lipinski definition) is 5. The summed E-state index contributed by atoms with van der Waals surface area (Å²) in [4.78, 5) is 21.7. The van der Waals surface area contributed by atoms with Gasteiger partial charge in [0, 0.05) is 12.7 Å². The molecule has 0 saturated heterocycles. The third-order valence-corrected chi connectivity index (χ3v) is 3.46. The molecule has 2 aromatic heterocycles. The van der Waals surface area contributed by atoms with Gasteiger partial charge in [0.1, 0.15) is 18.9 Å². The molecule has 2 heterocycles. The van der Waals surface area contributed by atoms with Gasteiger partial charge in [-0.25, -0.2) is 0 Å². The number of carbonyl (C=O) groups excluding carboxylic acids is 1. The van der Waals surface area contributed by atoms with Gasteiger partial charge >= 0.3 is 5.69 Å². The molecule has 9 nitrogen and oxygen atoms in total. The molecule has 2 rings (SSSR count). The highest BCUT2D eigenvalue weighted by Gasteiger charge is 2.09. The molecular formula is C11H13BrN6O3. The minimum atomic E-state index is -0.514. The Balaban J connectivity index is 1.77. The van der Waals surface area contributed by atoms with Gasteiger partial charge in [-0.05, 0) is 22.9 Å².